The first-order valence-corrected chi connectivity index (χ1v) is 7.36. The summed E-state index contributed by atoms with van der Waals surface area (Å²) in [5.74, 6) is 0. The Hall–Kier alpha value is -0.0800. The van der Waals surface area contributed by atoms with Crippen molar-refractivity contribution in [1.29, 1.82) is 0 Å². The summed E-state index contributed by atoms with van der Waals surface area (Å²) in [7, 11) is 0. The van der Waals surface area contributed by atoms with Gasteiger partial charge in [-0.1, -0.05) is 51.4 Å². The van der Waals surface area contributed by atoms with E-state index < -0.39 is 0 Å². The van der Waals surface area contributed by atoms with Crippen LogP contribution in [-0.2, 0) is 0 Å². The second kappa shape index (κ2) is 10.1. The Bertz CT molecular complexity index is 144. The maximum absolute atomic E-state index is 5.46. The molecule has 96 valence electrons. The Balaban J connectivity index is 1.61. The molecule has 16 heavy (non-hydrogen) atoms. The minimum atomic E-state index is 0.872. The lowest BCUT2D eigenvalue weighted by Gasteiger charge is -2.02. The SMILES string of the molecule is NCCCCCCCCCCCCN1CC1. The van der Waals surface area contributed by atoms with Crippen molar-refractivity contribution < 1.29 is 0 Å². The van der Waals surface area contributed by atoms with Gasteiger partial charge in [0.1, 0.15) is 0 Å². The van der Waals surface area contributed by atoms with Gasteiger partial charge in [0.2, 0.25) is 0 Å². The molecule has 1 rings (SSSR count). The van der Waals surface area contributed by atoms with Crippen molar-refractivity contribution in [3.8, 4) is 0 Å². The van der Waals surface area contributed by atoms with Crippen molar-refractivity contribution in [2.75, 3.05) is 26.2 Å². The van der Waals surface area contributed by atoms with E-state index in [1.807, 2.05) is 0 Å². The van der Waals surface area contributed by atoms with Crippen molar-refractivity contribution in [3.05, 3.63) is 0 Å². The molecule has 1 heterocycles. The number of nitrogens with two attached hydrogens (primary N) is 1. The van der Waals surface area contributed by atoms with Crippen molar-refractivity contribution in [3.63, 3.8) is 0 Å². The van der Waals surface area contributed by atoms with Crippen molar-refractivity contribution in [2.45, 2.75) is 64.2 Å². The average molecular weight is 226 g/mol. The molecule has 0 atom stereocenters. The molecule has 0 amide bonds. The fourth-order valence-electron chi connectivity index (χ4n) is 2.19. The van der Waals surface area contributed by atoms with Crippen molar-refractivity contribution in [2.24, 2.45) is 5.73 Å². The quantitative estimate of drug-likeness (QED) is 0.409. The summed E-state index contributed by atoms with van der Waals surface area (Å²) < 4.78 is 0. The molecular formula is C14H30N2. The number of nitrogens with zero attached hydrogens (tertiary/aromatic N) is 1. The van der Waals surface area contributed by atoms with Gasteiger partial charge < -0.3 is 10.6 Å². The smallest absolute Gasteiger partial charge is 0.0110 e. The second-order valence-corrected chi connectivity index (χ2v) is 5.17. The minimum Gasteiger partial charge on any atom is -0.330 e. The first-order chi connectivity index (χ1) is 7.93. The van der Waals surface area contributed by atoms with Gasteiger partial charge in [-0.15, -0.1) is 0 Å². The standard InChI is InChI=1S/C14H30N2/c15-11-9-7-5-3-1-2-4-6-8-10-12-16-13-14-16/h1-15H2. The monoisotopic (exact) mass is 226 g/mol. The summed E-state index contributed by atoms with van der Waals surface area (Å²) in [6, 6.07) is 0. The second-order valence-electron chi connectivity index (χ2n) is 5.17. The van der Waals surface area contributed by atoms with Crippen LogP contribution in [0.3, 0.4) is 0 Å². The van der Waals surface area contributed by atoms with E-state index in [-0.39, 0.29) is 0 Å². The Labute approximate surface area is 102 Å². The topological polar surface area (TPSA) is 29.0 Å². The van der Waals surface area contributed by atoms with Crippen LogP contribution in [0.1, 0.15) is 64.2 Å². The summed E-state index contributed by atoms with van der Waals surface area (Å²) >= 11 is 0. The molecular weight excluding hydrogens is 196 g/mol. The highest BCUT2D eigenvalue weighted by Crippen LogP contribution is 2.12. The van der Waals surface area contributed by atoms with Gasteiger partial charge in [-0.2, -0.15) is 0 Å². The molecule has 1 saturated heterocycles. The van der Waals surface area contributed by atoms with Crippen LogP contribution in [0.5, 0.6) is 0 Å². The molecule has 0 aliphatic carbocycles. The highest BCUT2D eigenvalue weighted by atomic mass is 15.2. The van der Waals surface area contributed by atoms with E-state index in [0.717, 1.165) is 6.54 Å². The van der Waals surface area contributed by atoms with Gasteiger partial charge in [0.25, 0.3) is 0 Å². The molecule has 2 N–H and O–H groups in total. The van der Waals surface area contributed by atoms with Crippen LogP contribution in [0.15, 0.2) is 0 Å². The van der Waals surface area contributed by atoms with Gasteiger partial charge in [0.05, 0.1) is 0 Å². The zero-order valence-electron chi connectivity index (χ0n) is 10.9. The summed E-state index contributed by atoms with van der Waals surface area (Å²) in [6.07, 6.45) is 14.1. The van der Waals surface area contributed by atoms with Crippen LogP contribution in [0.25, 0.3) is 0 Å². The minimum absolute atomic E-state index is 0.872. The molecule has 0 spiro atoms. The predicted octanol–water partition coefficient (Wildman–Crippen LogP) is 3.16. The first kappa shape index (κ1) is 14.0. The van der Waals surface area contributed by atoms with Gasteiger partial charge in [-0.05, 0) is 25.9 Å². The van der Waals surface area contributed by atoms with E-state index in [9.17, 15) is 0 Å². The molecule has 0 radical (unpaired) electrons. The van der Waals surface area contributed by atoms with E-state index in [4.69, 9.17) is 5.73 Å². The molecule has 1 aliphatic rings. The normalized spacial score (nSPS) is 15.6. The van der Waals surface area contributed by atoms with Gasteiger partial charge in [0.15, 0.2) is 0 Å². The molecule has 0 aromatic carbocycles. The molecule has 0 bridgehead atoms. The van der Waals surface area contributed by atoms with Gasteiger partial charge >= 0.3 is 0 Å². The highest BCUT2D eigenvalue weighted by molar-refractivity contribution is 4.71. The zero-order chi connectivity index (χ0) is 11.5. The third-order valence-corrected chi connectivity index (χ3v) is 3.47. The van der Waals surface area contributed by atoms with Gasteiger partial charge in [0, 0.05) is 13.1 Å². The Kier molecular flexibility index (Phi) is 8.83. The lowest BCUT2D eigenvalue weighted by molar-refractivity contribution is 0.495. The maximum Gasteiger partial charge on any atom is 0.0110 e. The third kappa shape index (κ3) is 9.17. The molecule has 2 heteroatoms. The van der Waals surface area contributed by atoms with E-state index in [1.165, 1.54) is 83.8 Å². The molecule has 0 aromatic rings. The number of rotatable bonds is 12. The van der Waals surface area contributed by atoms with E-state index in [2.05, 4.69) is 4.90 Å². The third-order valence-electron chi connectivity index (χ3n) is 3.47. The summed E-state index contributed by atoms with van der Waals surface area (Å²) in [6.45, 7) is 4.96. The van der Waals surface area contributed by atoms with E-state index in [0.29, 0.717) is 0 Å². The number of hydrogen-bond donors (Lipinski definition) is 1. The Morgan fingerprint density at radius 3 is 1.50 bits per heavy atom. The van der Waals surface area contributed by atoms with Crippen LogP contribution < -0.4 is 5.73 Å². The van der Waals surface area contributed by atoms with E-state index >= 15 is 0 Å². The largest absolute Gasteiger partial charge is 0.330 e. The predicted molar refractivity (Wildman–Crippen MR) is 71.7 cm³/mol. The van der Waals surface area contributed by atoms with Crippen LogP contribution >= 0.6 is 0 Å². The number of unbranched alkanes of at least 4 members (excludes halogenated alkanes) is 9. The van der Waals surface area contributed by atoms with Crippen LogP contribution in [0.4, 0.5) is 0 Å². The summed E-state index contributed by atoms with van der Waals surface area (Å²) in [5, 5.41) is 0. The van der Waals surface area contributed by atoms with E-state index in [1.54, 1.807) is 0 Å². The Morgan fingerprint density at radius 1 is 0.625 bits per heavy atom. The molecule has 1 aliphatic heterocycles. The molecule has 2 nitrogen and oxygen atoms in total. The molecule has 0 unspecified atom stereocenters. The lowest BCUT2D eigenvalue weighted by Crippen LogP contribution is -1.98. The molecule has 0 saturated carbocycles. The fraction of sp³-hybridized carbons (Fsp3) is 1.00. The van der Waals surface area contributed by atoms with Crippen LogP contribution in [-0.4, -0.2) is 31.1 Å². The fourth-order valence-corrected chi connectivity index (χ4v) is 2.19. The van der Waals surface area contributed by atoms with Gasteiger partial charge in [-0.25, -0.2) is 0 Å². The molecule has 0 aromatic heterocycles. The highest BCUT2D eigenvalue weighted by Gasteiger charge is 2.14. The van der Waals surface area contributed by atoms with Crippen molar-refractivity contribution >= 4 is 0 Å². The lowest BCUT2D eigenvalue weighted by atomic mass is 10.1. The Morgan fingerprint density at radius 2 is 1.06 bits per heavy atom. The summed E-state index contributed by atoms with van der Waals surface area (Å²) in [4.78, 5) is 2.53. The average Bonchev–Trinajstić information content (AvgIpc) is 3.10. The zero-order valence-corrected chi connectivity index (χ0v) is 10.9. The maximum atomic E-state index is 5.46. The number of hydrogen-bond acceptors (Lipinski definition) is 2. The molecule has 1 fully saturated rings. The van der Waals surface area contributed by atoms with Crippen molar-refractivity contribution in [1.82, 2.24) is 4.90 Å². The van der Waals surface area contributed by atoms with Crippen LogP contribution in [0.2, 0.25) is 0 Å². The summed E-state index contributed by atoms with van der Waals surface area (Å²) in [5.41, 5.74) is 5.46. The van der Waals surface area contributed by atoms with Crippen LogP contribution in [0, 0.1) is 0 Å². The van der Waals surface area contributed by atoms with Gasteiger partial charge in [-0.3, -0.25) is 0 Å². The first-order valence-electron chi connectivity index (χ1n) is 7.36.